The van der Waals surface area contributed by atoms with E-state index in [4.69, 9.17) is 17.3 Å². The minimum atomic E-state index is -1.31. The van der Waals surface area contributed by atoms with Crippen LogP contribution >= 0.6 is 24.0 Å². The summed E-state index contributed by atoms with van der Waals surface area (Å²) in [5.41, 5.74) is 1.58. The van der Waals surface area contributed by atoms with E-state index in [1.165, 1.54) is 0 Å². The fraction of sp³-hybridized carbons (Fsp3) is 0.167. The highest BCUT2D eigenvalue weighted by Crippen LogP contribution is 2.35. The summed E-state index contributed by atoms with van der Waals surface area (Å²) in [6.07, 6.45) is 2.74. The summed E-state index contributed by atoms with van der Waals surface area (Å²) in [5, 5.41) is 19.1. The molecule has 1 fully saturated rings. The Balaban J connectivity index is 1.88. The first-order chi connectivity index (χ1) is 12.9. The van der Waals surface area contributed by atoms with Gasteiger partial charge in [-0.25, -0.2) is 4.79 Å². The normalized spacial score (nSPS) is 16.9. The number of thioether (sulfide) groups is 1. The Morgan fingerprint density at radius 2 is 2.07 bits per heavy atom. The van der Waals surface area contributed by atoms with Crippen molar-refractivity contribution >= 4 is 63.1 Å². The van der Waals surface area contributed by atoms with Crippen molar-refractivity contribution in [2.45, 2.75) is 18.9 Å². The molecule has 3 rings (SSSR count). The number of aromatic nitrogens is 1. The lowest BCUT2D eigenvalue weighted by atomic mass is 10.1. The molecule has 7 nitrogen and oxygen atoms in total. The Morgan fingerprint density at radius 3 is 2.78 bits per heavy atom. The van der Waals surface area contributed by atoms with Gasteiger partial charge in [0.15, 0.2) is 0 Å². The number of carboxylic acid groups (broad SMARTS) is 2. The second-order valence-electron chi connectivity index (χ2n) is 5.79. The van der Waals surface area contributed by atoms with Gasteiger partial charge in [0.2, 0.25) is 0 Å². The average Bonchev–Trinajstić information content (AvgIpc) is 2.89. The number of rotatable bonds is 6. The third-order valence-electron chi connectivity index (χ3n) is 3.98. The van der Waals surface area contributed by atoms with Crippen LogP contribution in [0.2, 0.25) is 0 Å². The first-order valence-electron chi connectivity index (χ1n) is 7.93. The number of benzene rings is 1. The van der Waals surface area contributed by atoms with Crippen molar-refractivity contribution in [1.82, 2.24) is 9.88 Å². The zero-order chi connectivity index (χ0) is 19.6. The van der Waals surface area contributed by atoms with Crippen LogP contribution < -0.4 is 0 Å². The van der Waals surface area contributed by atoms with Crippen molar-refractivity contribution in [2.24, 2.45) is 0 Å². The van der Waals surface area contributed by atoms with Crippen LogP contribution in [0, 0.1) is 0 Å². The van der Waals surface area contributed by atoms with Gasteiger partial charge in [-0.15, -0.1) is 0 Å². The molecule has 2 heterocycles. The van der Waals surface area contributed by atoms with Crippen LogP contribution in [0.3, 0.4) is 0 Å². The molecule has 0 saturated carbocycles. The van der Waals surface area contributed by atoms with Crippen molar-refractivity contribution in [2.75, 3.05) is 0 Å². The third kappa shape index (κ3) is 4.15. The number of hydrogen-bond acceptors (Lipinski definition) is 6. The number of aliphatic carboxylic acids is 2. The minimum Gasteiger partial charge on any atom is -0.481 e. The number of pyridine rings is 1. The molecule has 1 aliphatic rings. The Kier molecular flexibility index (Phi) is 5.52. The summed E-state index contributed by atoms with van der Waals surface area (Å²) in [6.45, 7) is 0. The van der Waals surface area contributed by atoms with Crippen LogP contribution in [-0.2, 0) is 14.4 Å². The largest absolute Gasteiger partial charge is 0.481 e. The molecule has 1 unspecified atom stereocenters. The molecule has 2 aromatic rings. The summed E-state index contributed by atoms with van der Waals surface area (Å²) in [5.74, 6) is -2.95. The van der Waals surface area contributed by atoms with E-state index in [1.807, 2.05) is 24.3 Å². The topological polar surface area (TPSA) is 108 Å². The standard InChI is InChI=1S/C18H14N2O5S2/c21-15(22)6-5-13(17(24)25)20-16(23)14(27-18(20)26)9-10-3-4-12-11(8-10)2-1-7-19-12/h1-4,7-9,13H,5-6H2,(H,21,22)(H,24,25)/b14-9+. The van der Waals surface area contributed by atoms with Gasteiger partial charge in [0.05, 0.1) is 10.4 Å². The molecule has 0 radical (unpaired) electrons. The maximum Gasteiger partial charge on any atom is 0.326 e. The molecule has 9 heteroatoms. The van der Waals surface area contributed by atoms with E-state index >= 15 is 0 Å². The number of carbonyl (C=O) groups excluding carboxylic acids is 1. The lowest BCUT2D eigenvalue weighted by molar-refractivity contribution is -0.146. The first kappa shape index (κ1) is 19.0. The minimum absolute atomic E-state index is 0.103. The zero-order valence-electron chi connectivity index (χ0n) is 13.9. The van der Waals surface area contributed by atoms with E-state index in [0.29, 0.717) is 4.91 Å². The maximum atomic E-state index is 12.7. The van der Waals surface area contributed by atoms with Crippen LogP contribution in [0.5, 0.6) is 0 Å². The number of nitrogens with zero attached hydrogens (tertiary/aromatic N) is 2. The van der Waals surface area contributed by atoms with Gasteiger partial charge in [-0.1, -0.05) is 36.1 Å². The lowest BCUT2D eigenvalue weighted by Crippen LogP contribution is -2.44. The molecule has 0 bridgehead atoms. The summed E-state index contributed by atoms with van der Waals surface area (Å²) >= 11 is 6.17. The molecule has 0 aliphatic carbocycles. The molecule has 1 atom stereocenters. The molecule has 1 aromatic carbocycles. The first-order valence-corrected chi connectivity index (χ1v) is 9.16. The number of fused-ring (bicyclic) bond motifs is 1. The highest BCUT2D eigenvalue weighted by molar-refractivity contribution is 8.26. The second kappa shape index (κ2) is 7.85. The quantitative estimate of drug-likeness (QED) is 0.561. The Labute approximate surface area is 163 Å². The van der Waals surface area contributed by atoms with Crippen LogP contribution in [0.1, 0.15) is 18.4 Å². The van der Waals surface area contributed by atoms with Crippen molar-refractivity contribution < 1.29 is 24.6 Å². The predicted octanol–water partition coefficient (Wildman–Crippen LogP) is 2.75. The molecule has 138 valence electrons. The van der Waals surface area contributed by atoms with Gasteiger partial charge >= 0.3 is 11.9 Å². The summed E-state index contributed by atoms with van der Waals surface area (Å²) in [4.78, 5) is 40.5. The van der Waals surface area contributed by atoms with Gasteiger partial charge in [0, 0.05) is 18.0 Å². The van der Waals surface area contributed by atoms with Crippen LogP contribution in [0.4, 0.5) is 0 Å². The van der Waals surface area contributed by atoms with E-state index in [2.05, 4.69) is 4.98 Å². The van der Waals surface area contributed by atoms with E-state index in [9.17, 15) is 19.5 Å². The number of carboxylic acids is 2. The van der Waals surface area contributed by atoms with Crippen LogP contribution in [-0.4, -0.2) is 48.3 Å². The van der Waals surface area contributed by atoms with Crippen molar-refractivity contribution in [1.29, 1.82) is 0 Å². The molecule has 1 saturated heterocycles. The van der Waals surface area contributed by atoms with Crippen molar-refractivity contribution in [3.63, 3.8) is 0 Å². The number of carbonyl (C=O) groups is 3. The second-order valence-corrected chi connectivity index (χ2v) is 7.47. The number of thiocarbonyl (C=S) groups is 1. The lowest BCUT2D eigenvalue weighted by Gasteiger charge is -2.22. The molecule has 1 aliphatic heterocycles. The fourth-order valence-corrected chi connectivity index (χ4v) is 4.06. The fourth-order valence-electron chi connectivity index (χ4n) is 2.71. The smallest absolute Gasteiger partial charge is 0.326 e. The average molecular weight is 402 g/mol. The van der Waals surface area contributed by atoms with E-state index < -0.39 is 23.9 Å². The highest BCUT2D eigenvalue weighted by Gasteiger charge is 2.40. The molecule has 1 amide bonds. The van der Waals surface area contributed by atoms with E-state index in [-0.39, 0.29) is 17.2 Å². The summed E-state index contributed by atoms with van der Waals surface area (Å²) < 4.78 is 0.103. The molecular weight excluding hydrogens is 388 g/mol. The van der Waals surface area contributed by atoms with Gasteiger partial charge in [-0.05, 0) is 36.3 Å². The predicted molar refractivity (Wildman–Crippen MR) is 105 cm³/mol. The van der Waals surface area contributed by atoms with Crippen LogP contribution in [0.25, 0.3) is 17.0 Å². The number of amides is 1. The van der Waals surface area contributed by atoms with Gasteiger partial charge in [0.1, 0.15) is 10.4 Å². The summed E-state index contributed by atoms with van der Waals surface area (Å²) in [7, 11) is 0. The van der Waals surface area contributed by atoms with Gasteiger partial charge in [-0.2, -0.15) is 0 Å². The van der Waals surface area contributed by atoms with Gasteiger partial charge in [-0.3, -0.25) is 19.5 Å². The molecule has 0 spiro atoms. The van der Waals surface area contributed by atoms with E-state index in [1.54, 1.807) is 18.3 Å². The Hall–Kier alpha value is -2.78. The van der Waals surface area contributed by atoms with Crippen LogP contribution in [0.15, 0.2) is 41.4 Å². The molecule has 27 heavy (non-hydrogen) atoms. The number of hydrogen-bond donors (Lipinski definition) is 2. The SMILES string of the molecule is O=C(O)CCC(C(=O)O)N1C(=O)/C(=C\c2ccc3ncccc3c2)SC1=S. The van der Waals surface area contributed by atoms with Crippen molar-refractivity contribution in [3.05, 3.63) is 47.0 Å². The Morgan fingerprint density at radius 1 is 1.30 bits per heavy atom. The van der Waals surface area contributed by atoms with E-state index in [0.717, 1.165) is 33.1 Å². The highest BCUT2D eigenvalue weighted by atomic mass is 32.2. The third-order valence-corrected chi connectivity index (χ3v) is 5.31. The molecule has 1 aromatic heterocycles. The van der Waals surface area contributed by atoms with Crippen molar-refractivity contribution in [3.8, 4) is 0 Å². The molecule has 2 N–H and O–H groups in total. The zero-order valence-corrected chi connectivity index (χ0v) is 15.5. The maximum absolute atomic E-state index is 12.7. The Bertz CT molecular complexity index is 989. The monoisotopic (exact) mass is 402 g/mol. The van der Waals surface area contributed by atoms with Gasteiger partial charge in [0.25, 0.3) is 5.91 Å². The van der Waals surface area contributed by atoms with Gasteiger partial charge < -0.3 is 10.2 Å². The molecular formula is C18H14N2O5S2. The summed E-state index contributed by atoms with van der Waals surface area (Å²) in [6, 6.07) is 7.91.